The minimum Gasteiger partial charge on any atom is -0.378 e. The monoisotopic (exact) mass is 334 g/mol. The van der Waals surface area contributed by atoms with Gasteiger partial charge in [0.1, 0.15) is 5.82 Å². The Labute approximate surface area is 141 Å². The molecule has 3 heterocycles. The number of fused-ring (bicyclic) bond motifs is 2. The largest absolute Gasteiger partial charge is 0.378 e. The molecule has 5 nitrogen and oxygen atoms in total. The zero-order valence-corrected chi connectivity index (χ0v) is 13.7. The first kappa shape index (κ1) is 16.0. The average Bonchev–Trinajstić information content (AvgIpc) is 2.91. The predicted molar refractivity (Wildman–Crippen MR) is 85.8 cm³/mol. The van der Waals surface area contributed by atoms with Crippen LogP contribution in [0.15, 0.2) is 24.3 Å². The Hall–Kier alpha value is -1.50. The number of likely N-dealkylation sites (tertiary alicyclic amines) is 1. The second kappa shape index (κ2) is 6.78. The van der Waals surface area contributed by atoms with Crippen LogP contribution < -0.4 is 0 Å². The van der Waals surface area contributed by atoms with Crippen LogP contribution >= 0.6 is 0 Å². The highest BCUT2D eigenvalue weighted by Gasteiger charge is 2.45. The van der Waals surface area contributed by atoms with Crippen molar-refractivity contribution in [1.29, 1.82) is 0 Å². The van der Waals surface area contributed by atoms with Gasteiger partial charge in [-0.15, -0.1) is 0 Å². The molecule has 1 aromatic rings. The maximum atomic E-state index is 13.0. The number of rotatable bonds is 3. The number of carbonyl (C=O) groups excluding carboxylic acids is 1. The fourth-order valence-corrected chi connectivity index (χ4v) is 3.99. The number of carbonyl (C=O) groups is 1. The molecule has 3 saturated heterocycles. The van der Waals surface area contributed by atoms with Crippen molar-refractivity contribution in [2.45, 2.75) is 25.2 Å². The Kier molecular flexibility index (Phi) is 4.52. The third kappa shape index (κ3) is 3.31. The Morgan fingerprint density at radius 1 is 1.17 bits per heavy atom. The topological polar surface area (TPSA) is 42.0 Å². The second-order valence-electron chi connectivity index (χ2n) is 6.90. The second-order valence-corrected chi connectivity index (χ2v) is 6.90. The Morgan fingerprint density at radius 3 is 2.67 bits per heavy atom. The molecule has 0 aliphatic carbocycles. The van der Waals surface area contributed by atoms with Crippen LogP contribution in [0.25, 0.3) is 0 Å². The van der Waals surface area contributed by atoms with E-state index in [-0.39, 0.29) is 29.9 Å². The third-order valence-corrected chi connectivity index (χ3v) is 5.19. The molecule has 6 heteroatoms. The summed E-state index contributed by atoms with van der Waals surface area (Å²) in [6, 6.07) is 6.64. The SMILES string of the molecule is O=C([C@@H]1C[C@H]2CN(Cc3ccc(F)cc3)C[C@@H]1O2)N1CCOCC1. The lowest BCUT2D eigenvalue weighted by molar-refractivity contribution is -0.142. The lowest BCUT2D eigenvalue weighted by Crippen LogP contribution is -2.48. The van der Waals surface area contributed by atoms with Crippen LogP contribution in [0.4, 0.5) is 4.39 Å². The summed E-state index contributed by atoms with van der Waals surface area (Å²) in [5, 5.41) is 0. The van der Waals surface area contributed by atoms with Gasteiger partial charge in [-0.3, -0.25) is 9.69 Å². The molecule has 0 radical (unpaired) electrons. The number of hydrogen-bond acceptors (Lipinski definition) is 4. The van der Waals surface area contributed by atoms with E-state index in [1.165, 1.54) is 12.1 Å². The van der Waals surface area contributed by atoms with E-state index in [9.17, 15) is 9.18 Å². The van der Waals surface area contributed by atoms with Gasteiger partial charge >= 0.3 is 0 Å². The van der Waals surface area contributed by atoms with Crippen molar-refractivity contribution in [2.24, 2.45) is 5.92 Å². The van der Waals surface area contributed by atoms with Gasteiger partial charge in [0, 0.05) is 32.7 Å². The van der Waals surface area contributed by atoms with Crippen molar-refractivity contribution in [3.63, 3.8) is 0 Å². The molecule has 3 aliphatic rings. The number of hydrogen-bond donors (Lipinski definition) is 0. The van der Waals surface area contributed by atoms with Crippen molar-refractivity contribution >= 4 is 5.91 Å². The van der Waals surface area contributed by atoms with E-state index in [0.29, 0.717) is 26.3 Å². The molecule has 24 heavy (non-hydrogen) atoms. The van der Waals surface area contributed by atoms with Crippen molar-refractivity contribution < 1.29 is 18.7 Å². The summed E-state index contributed by atoms with van der Waals surface area (Å²) in [5.41, 5.74) is 1.09. The zero-order chi connectivity index (χ0) is 16.5. The zero-order valence-electron chi connectivity index (χ0n) is 13.7. The van der Waals surface area contributed by atoms with Gasteiger partial charge in [0.15, 0.2) is 0 Å². The quantitative estimate of drug-likeness (QED) is 0.835. The summed E-state index contributed by atoms with van der Waals surface area (Å²) < 4.78 is 24.4. The third-order valence-electron chi connectivity index (χ3n) is 5.19. The van der Waals surface area contributed by atoms with E-state index >= 15 is 0 Å². The van der Waals surface area contributed by atoms with Gasteiger partial charge < -0.3 is 14.4 Å². The Bertz CT molecular complexity index is 588. The van der Waals surface area contributed by atoms with Crippen molar-refractivity contribution in [2.75, 3.05) is 39.4 Å². The first-order chi connectivity index (χ1) is 11.7. The predicted octanol–water partition coefficient (Wildman–Crippen LogP) is 1.27. The van der Waals surface area contributed by atoms with Crippen LogP contribution in [0.3, 0.4) is 0 Å². The molecule has 0 unspecified atom stereocenters. The number of amides is 1. The smallest absolute Gasteiger partial charge is 0.228 e. The molecule has 0 N–H and O–H groups in total. The van der Waals surface area contributed by atoms with Crippen molar-refractivity contribution in [3.8, 4) is 0 Å². The molecule has 3 fully saturated rings. The summed E-state index contributed by atoms with van der Waals surface area (Å²) in [7, 11) is 0. The van der Waals surface area contributed by atoms with Gasteiger partial charge in [-0.1, -0.05) is 12.1 Å². The minimum absolute atomic E-state index is 0.0282. The molecule has 2 bridgehead atoms. The molecule has 1 aromatic carbocycles. The number of benzene rings is 1. The molecule has 130 valence electrons. The Morgan fingerprint density at radius 2 is 1.92 bits per heavy atom. The van der Waals surface area contributed by atoms with E-state index in [1.807, 2.05) is 17.0 Å². The van der Waals surface area contributed by atoms with Gasteiger partial charge in [0.2, 0.25) is 5.91 Å². The van der Waals surface area contributed by atoms with E-state index in [4.69, 9.17) is 9.47 Å². The molecular formula is C18H23FN2O3. The first-order valence-electron chi connectivity index (χ1n) is 8.68. The first-order valence-corrected chi connectivity index (χ1v) is 8.68. The van der Waals surface area contributed by atoms with Crippen LogP contribution in [0.1, 0.15) is 12.0 Å². The van der Waals surface area contributed by atoms with Gasteiger partial charge in [-0.25, -0.2) is 4.39 Å². The maximum Gasteiger partial charge on any atom is 0.228 e. The molecule has 0 spiro atoms. The summed E-state index contributed by atoms with van der Waals surface area (Å²) in [5.74, 6) is -0.0299. The summed E-state index contributed by atoms with van der Waals surface area (Å²) in [6.45, 7) is 5.00. The molecule has 3 aliphatic heterocycles. The van der Waals surface area contributed by atoms with Gasteiger partial charge in [-0.05, 0) is 24.1 Å². The highest BCUT2D eigenvalue weighted by Crippen LogP contribution is 2.34. The highest BCUT2D eigenvalue weighted by molar-refractivity contribution is 5.80. The Balaban J connectivity index is 1.38. The van der Waals surface area contributed by atoms with Crippen LogP contribution in [0.5, 0.6) is 0 Å². The van der Waals surface area contributed by atoms with Crippen LogP contribution in [-0.2, 0) is 20.8 Å². The summed E-state index contributed by atoms with van der Waals surface area (Å²) >= 11 is 0. The van der Waals surface area contributed by atoms with Crippen molar-refractivity contribution in [1.82, 2.24) is 9.80 Å². The van der Waals surface area contributed by atoms with E-state index in [2.05, 4.69) is 4.90 Å². The molecule has 1 amide bonds. The number of morpholine rings is 2. The van der Waals surface area contributed by atoms with Gasteiger partial charge in [-0.2, -0.15) is 0 Å². The highest BCUT2D eigenvalue weighted by atomic mass is 19.1. The number of halogens is 1. The van der Waals surface area contributed by atoms with E-state index in [0.717, 1.165) is 31.6 Å². The molecule has 0 saturated carbocycles. The van der Waals surface area contributed by atoms with Crippen molar-refractivity contribution in [3.05, 3.63) is 35.6 Å². The maximum absolute atomic E-state index is 13.0. The van der Waals surface area contributed by atoms with Crippen LogP contribution in [0.2, 0.25) is 0 Å². The van der Waals surface area contributed by atoms with E-state index < -0.39 is 0 Å². The number of ether oxygens (including phenoxy) is 2. The molecule has 4 rings (SSSR count). The van der Waals surface area contributed by atoms with Crippen LogP contribution in [0, 0.1) is 11.7 Å². The fourth-order valence-electron chi connectivity index (χ4n) is 3.99. The van der Waals surface area contributed by atoms with Gasteiger partial charge in [0.25, 0.3) is 0 Å². The molecular weight excluding hydrogens is 311 g/mol. The normalized spacial score (nSPS) is 30.5. The summed E-state index contributed by atoms with van der Waals surface area (Å²) in [4.78, 5) is 17.0. The average molecular weight is 334 g/mol. The summed E-state index contributed by atoms with van der Waals surface area (Å²) in [6.07, 6.45) is 0.902. The lowest BCUT2D eigenvalue weighted by Gasteiger charge is -2.34. The minimum atomic E-state index is -0.211. The lowest BCUT2D eigenvalue weighted by atomic mass is 9.98. The molecule has 3 atom stereocenters. The van der Waals surface area contributed by atoms with E-state index in [1.54, 1.807) is 0 Å². The standard InChI is InChI=1S/C18H23FN2O3/c19-14-3-1-13(2-4-14)10-20-11-15-9-16(17(12-20)24-15)18(22)21-5-7-23-8-6-21/h1-4,15-17H,5-12H2/t15-,16+,17-/m0/s1. The molecule has 0 aromatic heterocycles. The van der Waals surface area contributed by atoms with Crippen LogP contribution in [-0.4, -0.2) is 67.3 Å². The van der Waals surface area contributed by atoms with Gasteiger partial charge in [0.05, 0.1) is 31.3 Å². The number of nitrogens with zero attached hydrogens (tertiary/aromatic N) is 2. The fraction of sp³-hybridized carbons (Fsp3) is 0.611.